The second-order valence-corrected chi connectivity index (χ2v) is 4.19. The number of hydrogen-bond donors (Lipinski definition) is 1. The van der Waals surface area contributed by atoms with Crippen molar-refractivity contribution in [2.45, 2.75) is 13.1 Å². The fraction of sp³-hybridized carbons (Fsp3) is 0.417. The number of imidazole rings is 1. The van der Waals surface area contributed by atoms with E-state index in [1.54, 1.807) is 0 Å². The highest BCUT2D eigenvalue weighted by Crippen LogP contribution is 2.16. The summed E-state index contributed by atoms with van der Waals surface area (Å²) in [6.07, 6.45) is 0. The van der Waals surface area contributed by atoms with E-state index < -0.39 is 0 Å². The minimum absolute atomic E-state index is 0.640. The SMILES string of the molecule is CN(C)Cc1nc2ccccc2n1CCN. The standard InChI is InChI=1S/C12H18N4/c1-15(2)9-12-14-10-5-3-4-6-11(10)16(12)8-7-13/h3-6H,7-9,13H2,1-2H3. The Hall–Kier alpha value is -1.39. The zero-order valence-corrected chi connectivity index (χ0v) is 9.85. The highest BCUT2D eigenvalue weighted by Gasteiger charge is 2.09. The van der Waals surface area contributed by atoms with Gasteiger partial charge in [-0.05, 0) is 26.2 Å². The van der Waals surface area contributed by atoms with Gasteiger partial charge in [0.2, 0.25) is 0 Å². The van der Waals surface area contributed by atoms with Gasteiger partial charge in [-0.3, -0.25) is 0 Å². The monoisotopic (exact) mass is 218 g/mol. The van der Waals surface area contributed by atoms with Gasteiger partial charge >= 0.3 is 0 Å². The molecule has 2 aromatic rings. The van der Waals surface area contributed by atoms with Gasteiger partial charge in [0.05, 0.1) is 17.6 Å². The molecule has 16 heavy (non-hydrogen) atoms. The summed E-state index contributed by atoms with van der Waals surface area (Å²) in [5, 5.41) is 0. The maximum atomic E-state index is 5.65. The number of para-hydroxylation sites is 2. The molecule has 0 radical (unpaired) electrons. The topological polar surface area (TPSA) is 47.1 Å². The van der Waals surface area contributed by atoms with Crippen molar-refractivity contribution in [3.63, 3.8) is 0 Å². The summed E-state index contributed by atoms with van der Waals surface area (Å²) in [6, 6.07) is 8.19. The van der Waals surface area contributed by atoms with Crippen LogP contribution in [0.1, 0.15) is 5.82 Å². The van der Waals surface area contributed by atoms with Crippen LogP contribution in [0.2, 0.25) is 0 Å². The first-order valence-electron chi connectivity index (χ1n) is 5.51. The normalized spacial score (nSPS) is 11.5. The van der Waals surface area contributed by atoms with Crippen molar-refractivity contribution in [3.8, 4) is 0 Å². The molecule has 2 N–H and O–H groups in total. The lowest BCUT2D eigenvalue weighted by Gasteiger charge is -2.11. The Kier molecular flexibility index (Phi) is 3.22. The van der Waals surface area contributed by atoms with E-state index in [9.17, 15) is 0 Å². The number of benzene rings is 1. The van der Waals surface area contributed by atoms with E-state index in [-0.39, 0.29) is 0 Å². The highest BCUT2D eigenvalue weighted by atomic mass is 15.2. The fourth-order valence-electron chi connectivity index (χ4n) is 1.91. The van der Waals surface area contributed by atoms with E-state index in [1.807, 2.05) is 32.3 Å². The summed E-state index contributed by atoms with van der Waals surface area (Å²) < 4.78 is 2.20. The Morgan fingerprint density at radius 3 is 2.75 bits per heavy atom. The molecule has 0 unspecified atom stereocenters. The number of hydrogen-bond acceptors (Lipinski definition) is 3. The molecule has 0 atom stereocenters. The van der Waals surface area contributed by atoms with Crippen LogP contribution in [0.5, 0.6) is 0 Å². The van der Waals surface area contributed by atoms with Crippen LogP contribution < -0.4 is 5.73 Å². The minimum Gasteiger partial charge on any atom is -0.329 e. The molecule has 0 aliphatic heterocycles. The summed E-state index contributed by atoms with van der Waals surface area (Å²) in [5.74, 6) is 1.08. The van der Waals surface area contributed by atoms with Gasteiger partial charge in [0, 0.05) is 13.1 Å². The lowest BCUT2D eigenvalue weighted by Crippen LogP contribution is -2.18. The highest BCUT2D eigenvalue weighted by molar-refractivity contribution is 5.75. The Bertz CT molecular complexity index is 473. The first-order chi connectivity index (χ1) is 7.72. The second kappa shape index (κ2) is 4.63. The number of fused-ring (bicyclic) bond motifs is 1. The summed E-state index contributed by atoms with van der Waals surface area (Å²) in [4.78, 5) is 6.76. The predicted molar refractivity (Wildman–Crippen MR) is 66.2 cm³/mol. The van der Waals surface area contributed by atoms with Crippen LogP contribution in [0.4, 0.5) is 0 Å². The van der Waals surface area contributed by atoms with E-state index >= 15 is 0 Å². The van der Waals surface area contributed by atoms with Crippen molar-refractivity contribution in [2.75, 3.05) is 20.6 Å². The molecule has 4 nitrogen and oxygen atoms in total. The molecular weight excluding hydrogens is 200 g/mol. The van der Waals surface area contributed by atoms with E-state index in [1.165, 1.54) is 5.52 Å². The summed E-state index contributed by atoms with van der Waals surface area (Å²) >= 11 is 0. The average Bonchev–Trinajstić information content (AvgIpc) is 2.57. The van der Waals surface area contributed by atoms with Gasteiger partial charge in [-0.1, -0.05) is 12.1 Å². The quantitative estimate of drug-likeness (QED) is 0.834. The molecule has 0 amide bonds. The van der Waals surface area contributed by atoms with Crippen molar-refractivity contribution in [1.82, 2.24) is 14.5 Å². The second-order valence-electron chi connectivity index (χ2n) is 4.19. The van der Waals surface area contributed by atoms with Crippen LogP contribution in [0.15, 0.2) is 24.3 Å². The lowest BCUT2D eigenvalue weighted by atomic mass is 10.3. The third-order valence-electron chi connectivity index (χ3n) is 2.54. The third-order valence-corrected chi connectivity index (χ3v) is 2.54. The number of nitrogens with zero attached hydrogens (tertiary/aromatic N) is 3. The molecule has 0 spiro atoms. The zero-order chi connectivity index (χ0) is 11.5. The molecule has 86 valence electrons. The van der Waals surface area contributed by atoms with Crippen LogP contribution in [0, 0.1) is 0 Å². The van der Waals surface area contributed by atoms with Crippen LogP contribution in [-0.2, 0) is 13.1 Å². The Morgan fingerprint density at radius 2 is 2.06 bits per heavy atom. The van der Waals surface area contributed by atoms with E-state index in [0.717, 1.165) is 24.4 Å². The molecule has 0 fully saturated rings. The Labute approximate surface area is 95.7 Å². The largest absolute Gasteiger partial charge is 0.329 e. The summed E-state index contributed by atoms with van der Waals surface area (Å²) in [5.41, 5.74) is 7.87. The maximum absolute atomic E-state index is 5.65. The minimum atomic E-state index is 0.640. The van der Waals surface area contributed by atoms with Crippen molar-refractivity contribution < 1.29 is 0 Å². The first-order valence-corrected chi connectivity index (χ1v) is 5.51. The van der Waals surface area contributed by atoms with Gasteiger partial charge in [0.15, 0.2) is 0 Å². The molecule has 0 aliphatic rings. The molecule has 2 rings (SSSR count). The zero-order valence-electron chi connectivity index (χ0n) is 9.85. The van der Waals surface area contributed by atoms with Crippen LogP contribution in [-0.4, -0.2) is 35.1 Å². The van der Waals surface area contributed by atoms with Gasteiger partial charge in [-0.2, -0.15) is 0 Å². The molecule has 1 heterocycles. The predicted octanol–water partition coefficient (Wildman–Crippen LogP) is 1.06. The molecule has 1 aromatic carbocycles. The average molecular weight is 218 g/mol. The Balaban J connectivity index is 2.49. The number of nitrogens with two attached hydrogens (primary N) is 1. The van der Waals surface area contributed by atoms with Crippen molar-refractivity contribution >= 4 is 11.0 Å². The van der Waals surface area contributed by atoms with E-state index in [4.69, 9.17) is 5.73 Å². The molecular formula is C12H18N4. The van der Waals surface area contributed by atoms with Gasteiger partial charge in [0.1, 0.15) is 5.82 Å². The summed E-state index contributed by atoms with van der Waals surface area (Å²) in [7, 11) is 4.10. The van der Waals surface area contributed by atoms with Crippen molar-refractivity contribution in [3.05, 3.63) is 30.1 Å². The molecule has 0 aliphatic carbocycles. The molecule has 0 saturated heterocycles. The van der Waals surface area contributed by atoms with Crippen LogP contribution in [0.3, 0.4) is 0 Å². The fourth-order valence-corrected chi connectivity index (χ4v) is 1.91. The Morgan fingerprint density at radius 1 is 1.31 bits per heavy atom. The van der Waals surface area contributed by atoms with Crippen LogP contribution >= 0.6 is 0 Å². The van der Waals surface area contributed by atoms with Gasteiger partial charge in [-0.15, -0.1) is 0 Å². The lowest BCUT2D eigenvalue weighted by molar-refractivity contribution is 0.382. The number of aromatic nitrogens is 2. The third kappa shape index (κ3) is 2.08. The molecule has 0 bridgehead atoms. The summed E-state index contributed by atoms with van der Waals surface area (Å²) in [6.45, 7) is 2.30. The van der Waals surface area contributed by atoms with Gasteiger partial charge in [-0.25, -0.2) is 4.98 Å². The molecule has 0 saturated carbocycles. The van der Waals surface area contributed by atoms with E-state index in [2.05, 4.69) is 20.5 Å². The van der Waals surface area contributed by atoms with Gasteiger partial charge in [0.25, 0.3) is 0 Å². The molecule has 4 heteroatoms. The first kappa shape index (κ1) is 11.1. The maximum Gasteiger partial charge on any atom is 0.124 e. The van der Waals surface area contributed by atoms with Crippen molar-refractivity contribution in [1.29, 1.82) is 0 Å². The van der Waals surface area contributed by atoms with Crippen molar-refractivity contribution in [2.24, 2.45) is 5.73 Å². The number of rotatable bonds is 4. The van der Waals surface area contributed by atoms with Crippen LogP contribution in [0.25, 0.3) is 11.0 Å². The van der Waals surface area contributed by atoms with Gasteiger partial charge < -0.3 is 15.2 Å². The smallest absolute Gasteiger partial charge is 0.124 e. The van der Waals surface area contributed by atoms with E-state index in [0.29, 0.717) is 6.54 Å². The molecule has 1 aromatic heterocycles.